The number of aryl methyl sites for hydroxylation is 2. The van der Waals surface area contributed by atoms with Gasteiger partial charge in [-0.2, -0.15) is 0 Å². The van der Waals surface area contributed by atoms with Gasteiger partial charge in [-0.25, -0.2) is 4.79 Å². The normalized spacial score (nSPS) is 17.1. The molecule has 0 radical (unpaired) electrons. The molecular weight excluding hydrogens is 266 g/mol. The zero-order valence-corrected chi connectivity index (χ0v) is 13.5. The molecule has 1 fully saturated rings. The fraction of sp³-hybridized carbons (Fsp3) is 0.688. The van der Waals surface area contributed by atoms with E-state index in [0.29, 0.717) is 6.61 Å². The number of piperazine rings is 1. The monoisotopic (exact) mass is 293 g/mol. The Balaban J connectivity index is 1.84. The third-order valence-corrected chi connectivity index (χ3v) is 4.05. The highest BCUT2D eigenvalue weighted by atomic mass is 16.5. The molecule has 1 aliphatic heterocycles. The Hall–Kier alpha value is -1.33. The van der Waals surface area contributed by atoms with E-state index in [1.54, 1.807) is 0 Å². The molecule has 0 aliphatic carbocycles. The number of ether oxygens (including phenoxy) is 1. The number of carbonyl (C=O) groups excluding carboxylic acids is 1. The SMILES string of the molecule is CCOC(=O)c1cn(C)cc1CCCN1CCN(C)CC1. The molecule has 2 heterocycles. The van der Waals surface area contributed by atoms with Crippen LogP contribution in [-0.2, 0) is 18.2 Å². The van der Waals surface area contributed by atoms with Crippen molar-refractivity contribution in [1.29, 1.82) is 0 Å². The van der Waals surface area contributed by atoms with Crippen molar-refractivity contribution in [3.05, 3.63) is 23.5 Å². The molecule has 0 atom stereocenters. The van der Waals surface area contributed by atoms with Gasteiger partial charge in [-0.15, -0.1) is 0 Å². The van der Waals surface area contributed by atoms with Crippen LogP contribution in [0.4, 0.5) is 0 Å². The topological polar surface area (TPSA) is 37.7 Å². The van der Waals surface area contributed by atoms with Crippen LogP contribution in [0, 0.1) is 0 Å². The average molecular weight is 293 g/mol. The number of hydrogen-bond donors (Lipinski definition) is 0. The summed E-state index contributed by atoms with van der Waals surface area (Å²) in [7, 11) is 4.12. The van der Waals surface area contributed by atoms with Crippen molar-refractivity contribution in [2.24, 2.45) is 7.05 Å². The summed E-state index contributed by atoms with van der Waals surface area (Å²) in [6.07, 6.45) is 5.92. The molecule has 0 N–H and O–H groups in total. The van der Waals surface area contributed by atoms with Crippen molar-refractivity contribution >= 4 is 5.97 Å². The number of rotatable bonds is 6. The van der Waals surface area contributed by atoms with Gasteiger partial charge in [-0.05, 0) is 38.9 Å². The second-order valence-corrected chi connectivity index (χ2v) is 5.83. The molecule has 0 aromatic carbocycles. The molecule has 2 rings (SSSR count). The first-order valence-electron chi connectivity index (χ1n) is 7.83. The Bertz CT molecular complexity index is 462. The van der Waals surface area contributed by atoms with E-state index in [4.69, 9.17) is 4.74 Å². The fourth-order valence-corrected chi connectivity index (χ4v) is 2.80. The van der Waals surface area contributed by atoms with Gasteiger partial charge in [0.1, 0.15) is 0 Å². The third kappa shape index (κ3) is 4.58. The van der Waals surface area contributed by atoms with E-state index in [0.717, 1.165) is 56.7 Å². The number of aromatic nitrogens is 1. The number of carbonyl (C=O) groups is 1. The zero-order valence-electron chi connectivity index (χ0n) is 13.5. The van der Waals surface area contributed by atoms with Gasteiger partial charge < -0.3 is 19.1 Å². The van der Waals surface area contributed by atoms with E-state index in [-0.39, 0.29) is 5.97 Å². The highest BCUT2D eigenvalue weighted by Gasteiger charge is 2.16. The molecule has 0 spiro atoms. The first-order chi connectivity index (χ1) is 10.1. The number of esters is 1. The van der Waals surface area contributed by atoms with Crippen LogP contribution < -0.4 is 0 Å². The lowest BCUT2D eigenvalue weighted by Crippen LogP contribution is -2.44. The predicted octanol–water partition coefficient (Wildman–Crippen LogP) is 1.38. The molecule has 5 heteroatoms. The summed E-state index contributed by atoms with van der Waals surface area (Å²) in [5, 5.41) is 0. The molecule has 21 heavy (non-hydrogen) atoms. The van der Waals surface area contributed by atoms with Crippen LogP contribution in [0.15, 0.2) is 12.4 Å². The van der Waals surface area contributed by atoms with Crippen LogP contribution in [-0.4, -0.2) is 66.7 Å². The van der Waals surface area contributed by atoms with Crippen LogP contribution in [0.3, 0.4) is 0 Å². The van der Waals surface area contributed by atoms with Gasteiger partial charge >= 0.3 is 5.97 Å². The van der Waals surface area contributed by atoms with Gasteiger partial charge in [-0.1, -0.05) is 0 Å². The number of likely N-dealkylation sites (N-methyl/N-ethyl adjacent to an activating group) is 1. The maximum Gasteiger partial charge on any atom is 0.339 e. The quantitative estimate of drug-likeness (QED) is 0.743. The van der Waals surface area contributed by atoms with Crippen LogP contribution >= 0.6 is 0 Å². The van der Waals surface area contributed by atoms with E-state index in [1.165, 1.54) is 0 Å². The summed E-state index contributed by atoms with van der Waals surface area (Å²) in [4.78, 5) is 16.8. The smallest absolute Gasteiger partial charge is 0.339 e. The van der Waals surface area contributed by atoms with Crippen LogP contribution in [0.2, 0.25) is 0 Å². The van der Waals surface area contributed by atoms with Gasteiger partial charge in [0.25, 0.3) is 0 Å². The number of nitrogens with zero attached hydrogens (tertiary/aromatic N) is 3. The lowest BCUT2D eigenvalue weighted by atomic mass is 10.1. The Kier molecular flexibility index (Phi) is 5.82. The molecule has 1 aliphatic rings. The molecule has 0 amide bonds. The molecule has 0 saturated carbocycles. The van der Waals surface area contributed by atoms with Crippen molar-refractivity contribution in [2.45, 2.75) is 19.8 Å². The Morgan fingerprint density at radius 3 is 2.57 bits per heavy atom. The molecule has 0 unspecified atom stereocenters. The van der Waals surface area contributed by atoms with Crippen LogP contribution in [0.25, 0.3) is 0 Å². The maximum atomic E-state index is 11.9. The van der Waals surface area contributed by atoms with Gasteiger partial charge in [0.2, 0.25) is 0 Å². The Morgan fingerprint density at radius 1 is 1.19 bits per heavy atom. The van der Waals surface area contributed by atoms with Crippen molar-refractivity contribution in [3.8, 4) is 0 Å². The van der Waals surface area contributed by atoms with E-state index in [1.807, 2.05) is 30.9 Å². The minimum atomic E-state index is -0.201. The second kappa shape index (κ2) is 7.61. The molecule has 0 bridgehead atoms. The highest BCUT2D eigenvalue weighted by molar-refractivity contribution is 5.91. The minimum absolute atomic E-state index is 0.201. The maximum absolute atomic E-state index is 11.9. The van der Waals surface area contributed by atoms with Crippen LogP contribution in [0.1, 0.15) is 29.3 Å². The lowest BCUT2D eigenvalue weighted by Gasteiger charge is -2.32. The largest absolute Gasteiger partial charge is 0.462 e. The van der Waals surface area contributed by atoms with Crippen molar-refractivity contribution in [1.82, 2.24) is 14.4 Å². The summed E-state index contributed by atoms with van der Waals surface area (Å²) in [6.45, 7) is 7.97. The second-order valence-electron chi connectivity index (χ2n) is 5.83. The van der Waals surface area contributed by atoms with Crippen molar-refractivity contribution < 1.29 is 9.53 Å². The number of hydrogen-bond acceptors (Lipinski definition) is 4. The lowest BCUT2D eigenvalue weighted by molar-refractivity contribution is 0.0525. The summed E-state index contributed by atoms with van der Waals surface area (Å²) >= 11 is 0. The van der Waals surface area contributed by atoms with Crippen LogP contribution in [0.5, 0.6) is 0 Å². The molecule has 1 saturated heterocycles. The van der Waals surface area contributed by atoms with Gasteiger partial charge in [-0.3, -0.25) is 0 Å². The van der Waals surface area contributed by atoms with Crippen molar-refractivity contribution in [2.75, 3.05) is 46.4 Å². The van der Waals surface area contributed by atoms with E-state index >= 15 is 0 Å². The zero-order chi connectivity index (χ0) is 15.2. The summed E-state index contributed by atoms with van der Waals surface area (Å²) in [5.41, 5.74) is 1.82. The van der Waals surface area contributed by atoms with Gasteiger partial charge in [0.05, 0.1) is 12.2 Å². The Morgan fingerprint density at radius 2 is 1.90 bits per heavy atom. The average Bonchev–Trinajstić information content (AvgIpc) is 2.82. The minimum Gasteiger partial charge on any atom is -0.462 e. The Labute approximate surface area is 127 Å². The molecule has 5 nitrogen and oxygen atoms in total. The summed E-state index contributed by atoms with van der Waals surface area (Å²) in [5.74, 6) is -0.201. The standard InChI is InChI=1S/C16H27N3O2/c1-4-21-16(20)15-13-18(3)12-14(15)6-5-7-19-10-8-17(2)9-11-19/h12-13H,4-11H2,1-3H3. The van der Waals surface area contributed by atoms with E-state index < -0.39 is 0 Å². The predicted molar refractivity (Wildman–Crippen MR) is 83.6 cm³/mol. The van der Waals surface area contributed by atoms with Crippen molar-refractivity contribution in [3.63, 3.8) is 0 Å². The summed E-state index contributed by atoms with van der Waals surface area (Å²) in [6, 6.07) is 0. The first-order valence-corrected chi connectivity index (χ1v) is 7.83. The van der Waals surface area contributed by atoms with Gasteiger partial charge in [0.15, 0.2) is 0 Å². The molecule has 118 valence electrons. The summed E-state index contributed by atoms with van der Waals surface area (Å²) < 4.78 is 7.06. The van der Waals surface area contributed by atoms with Gasteiger partial charge in [0, 0.05) is 45.6 Å². The molecule has 1 aromatic heterocycles. The fourth-order valence-electron chi connectivity index (χ4n) is 2.80. The van der Waals surface area contributed by atoms with E-state index in [9.17, 15) is 4.79 Å². The molecular formula is C16H27N3O2. The molecule has 1 aromatic rings. The first kappa shape index (κ1) is 16.0. The third-order valence-electron chi connectivity index (χ3n) is 4.05. The highest BCUT2D eigenvalue weighted by Crippen LogP contribution is 2.14. The van der Waals surface area contributed by atoms with E-state index in [2.05, 4.69) is 16.8 Å².